The van der Waals surface area contributed by atoms with Gasteiger partial charge in [-0.15, -0.1) is 0 Å². The maximum Gasteiger partial charge on any atom is 0.306 e. The molecule has 0 radical (unpaired) electrons. The minimum absolute atomic E-state index is 0.124. The molecule has 1 N–H and O–H groups in total. The first-order valence-electron chi connectivity index (χ1n) is 7.31. The topological polar surface area (TPSA) is 55.8 Å². The number of carboxylic acid groups (broad SMARTS) is 1. The molecular formula is C16H20O4. The molecular weight excluding hydrogens is 256 g/mol. The van der Waals surface area contributed by atoms with Gasteiger partial charge in [-0.05, 0) is 48.8 Å². The van der Waals surface area contributed by atoms with Gasteiger partial charge in [0.25, 0.3) is 0 Å². The summed E-state index contributed by atoms with van der Waals surface area (Å²) < 4.78 is 11.2. The monoisotopic (exact) mass is 276 g/mol. The maximum absolute atomic E-state index is 10.9. The van der Waals surface area contributed by atoms with Crippen LogP contribution >= 0.6 is 0 Å². The highest BCUT2D eigenvalue weighted by Gasteiger charge is 2.43. The van der Waals surface area contributed by atoms with E-state index in [9.17, 15) is 4.79 Å². The van der Waals surface area contributed by atoms with Crippen molar-refractivity contribution in [2.24, 2.45) is 11.8 Å². The first-order chi connectivity index (χ1) is 9.69. The highest BCUT2D eigenvalue weighted by Crippen LogP contribution is 2.46. The Kier molecular flexibility index (Phi) is 3.55. The van der Waals surface area contributed by atoms with Crippen LogP contribution in [0.3, 0.4) is 0 Å². The van der Waals surface area contributed by atoms with E-state index < -0.39 is 5.97 Å². The van der Waals surface area contributed by atoms with Gasteiger partial charge < -0.3 is 14.6 Å². The van der Waals surface area contributed by atoms with Crippen LogP contribution < -0.4 is 9.47 Å². The van der Waals surface area contributed by atoms with Crippen molar-refractivity contribution in [3.05, 3.63) is 23.8 Å². The quantitative estimate of drug-likeness (QED) is 0.898. The molecule has 1 aliphatic heterocycles. The van der Waals surface area contributed by atoms with Crippen LogP contribution in [0.1, 0.15) is 37.7 Å². The lowest BCUT2D eigenvalue weighted by Crippen LogP contribution is -2.15. The van der Waals surface area contributed by atoms with Crippen LogP contribution in [0.15, 0.2) is 18.2 Å². The summed E-state index contributed by atoms with van der Waals surface area (Å²) in [5, 5.41) is 9.00. The molecule has 20 heavy (non-hydrogen) atoms. The van der Waals surface area contributed by atoms with Crippen LogP contribution in [0.2, 0.25) is 0 Å². The molecule has 1 aromatic carbocycles. The molecule has 4 heteroatoms. The molecule has 4 nitrogen and oxygen atoms in total. The normalized spacial score (nSPS) is 25.1. The fourth-order valence-corrected chi connectivity index (χ4v) is 3.03. The molecule has 3 rings (SSSR count). The number of rotatable bonds is 5. The molecule has 0 saturated heterocycles. The first kappa shape index (κ1) is 13.3. The van der Waals surface area contributed by atoms with Crippen molar-refractivity contribution < 1.29 is 19.4 Å². The van der Waals surface area contributed by atoms with Crippen LogP contribution in [0.4, 0.5) is 0 Å². The van der Waals surface area contributed by atoms with Crippen molar-refractivity contribution in [3.63, 3.8) is 0 Å². The lowest BCUT2D eigenvalue weighted by atomic mass is 9.90. The zero-order valence-electron chi connectivity index (χ0n) is 11.7. The van der Waals surface area contributed by atoms with Crippen molar-refractivity contribution in [1.82, 2.24) is 0 Å². The molecule has 1 fully saturated rings. The minimum Gasteiger partial charge on any atom is -0.486 e. The third-order valence-electron chi connectivity index (χ3n) is 4.36. The van der Waals surface area contributed by atoms with Crippen molar-refractivity contribution in [1.29, 1.82) is 0 Å². The predicted octanol–water partition coefficient (Wildman–Crippen LogP) is 3.06. The largest absolute Gasteiger partial charge is 0.486 e. The van der Waals surface area contributed by atoms with Gasteiger partial charge in [0.05, 0.1) is 5.92 Å². The van der Waals surface area contributed by atoms with Gasteiger partial charge in [0.15, 0.2) is 11.5 Å². The van der Waals surface area contributed by atoms with Crippen LogP contribution in [0.25, 0.3) is 0 Å². The second kappa shape index (κ2) is 5.35. The zero-order chi connectivity index (χ0) is 14.1. The SMILES string of the molecule is CCC(CC1CC1C(=O)O)c1ccc2c(c1)OCCO2. The highest BCUT2D eigenvalue weighted by atomic mass is 16.6. The van der Waals surface area contributed by atoms with Crippen LogP contribution in [0.5, 0.6) is 11.5 Å². The van der Waals surface area contributed by atoms with Gasteiger partial charge >= 0.3 is 5.97 Å². The van der Waals surface area contributed by atoms with E-state index in [1.807, 2.05) is 6.07 Å². The number of fused-ring (bicyclic) bond motifs is 1. The van der Waals surface area contributed by atoms with Crippen molar-refractivity contribution in [2.45, 2.75) is 32.1 Å². The summed E-state index contributed by atoms with van der Waals surface area (Å²) in [6.07, 6.45) is 2.80. The van der Waals surface area contributed by atoms with E-state index in [0.29, 0.717) is 25.0 Å². The molecule has 1 aromatic rings. The van der Waals surface area contributed by atoms with E-state index in [2.05, 4.69) is 19.1 Å². The van der Waals surface area contributed by atoms with E-state index >= 15 is 0 Å². The molecule has 1 aliphatic carbocycles. The number of ether oxygens (including phenoxy) is 2. The standard InChI is InChI=1S/C16H20O4/c1-2-10(7-12-8-13(12)16(17)18)11-3-4-14-15(9-11)20-6-5-19-14/h3-4,9-10,12-13H,2,5-8H2,1H3,(H,17,18). The average molecular weight is 276 g/mol. The lowest BCUT2D eigenvalue weighted by Gasteiger charge is -2.21. The van der Waals surface area contributed by atoms with Gasteiger partial charge in [0, 0.05) is 0 Å². The Labute approximate surface area is 118 Å². The summed E-state index contributed by atoms with van der Waals surface area (Å²) in [6, 6.07) is 6.11. The fourth-order valence-electron chi connectivity index (χ4n) is 3.03. The molecule has 1 heterocycles. The number of hydrogen-bond donors (Lipinski definition) is 1. The van der Waals surface area contributed by atoms with Crippen molar-refractivity contribution >= 4 is 5.97 Å². The summed E-state index contributed by atoms with van der Waals surface area (Å²) in [5.41, 5.74) is 1.23. The molecule has 1 saturated carbocycles. The number of benzene rings is 1. The molecule has 2 aliphatic rings. The van der Waals surface area contributed by atoms with Gasteiger partial charge in [-0.1, -0.05) is 13.0 Å². The van der Waals surface area contributed by atoms with E-state index in [4.69, 9.17) is 14.6 Å². The Morgan fingerprint density at radius 3 is 2.75 bits per heavy atom. The fraction of sp³-hybridized carbons (Fsp3) is 0.562. The number of carboxylic acids is 1. The van der Waals surface area contributed by atoms with E-state index in [1.54, 1.807) is 0 Å². The first-order valence-corrected chi connectivity index (χ1v) is 7.31. The molecule has 0 amide bonds. The van der Waals surface area contributed by atoms with Crippen LogP contribution in [-0.2, 0) is 4.79 Å². The summed E-state index contributed by atoms with van der Waals surface area (Å²) in [6.45, 7) is 3.35. The second-order valence-electron chi connectivity index (χ2n) is 5.68. The Morgan fingerprint density at radius 2 is 2.10 bits per heavy atom. The average Bonchev–Trinajstić information content (AvgIpc) is 3.24. The number of hydrogen-bond acceptors (Lipinski definition) is 3. The van der Waals surface area contributed by atoms with Crippen molar-refractivity contribution in [3.8, 4) is 11.5 Å². The minimum atomic E-state index is -0.646. The smallest absolute Gasteiger partial charge is 0.306 e. The molecule has 108 valence electrons. The van der Waals surface area contributed by atoms with Gasteiger partial charge in [-0.25, -0.2) is 0 Å². The third kappa shape index (κ3) is 2.60. The Hall–Kier alpha value is -1.71. The number of aliphatic carboxylic acids is 1. The molecule has 0 aromatic heterocycles. The van der Waals surface area contributed by atoms with Gasteiger partial charge in [-0.3, -0.25) is 4.79 Å². The highest BCUT2D eigenvalue weighted by molar-refractivity contribution is 5.73. The summed E-state index contributed by atoms with van der Waals surface area (Å²) in [7, 11) is 0. The third-order valence-corrected chi connectivity index (χ3v) is 4.36. The van der Waals surface area contributed by atoms with E-state index in [-0.39, 0.29) is 5.92 Å². The summed E-state index contributed by atoms with van der Waals surface area (Å²) >= 11 is 0. The van der Waals surface area contributed by atoms with Gasteiger partial charge in [0.2, 0.25) is 0 Å². The van der Waals surface area contributed by atoms with Crippen LogP contribution in [-0.4, -0.2) is 24.3 Å². The molecule has 0 spiro atoms. The Balaban J connectivity index is 1.71. The lowest BCUT2D eigenvalue weighted by molar-refractivity contribution is -0.138. The zero-order valence-corrected chi connectivity index (χ0v) is 11.7. The Bertz CT molecular complexity index is 511. The van der Waals surface area contributed by atoms with Crippen LogP contribution in [0, 0.1) is 11.8 Å². The van der Waals surface area contributed by atoms with Gasteiger partial charge in [0.1, 0.15) is 13.2 Å². The molecule has 3 atom stereocenters. The second-order valence-corrected chi connectivity index (χ2v) is 5.68. The Morgan fingerprint density at radius 1 is 1.35 bits per heavy atom. The predicted molar refractivity (Wildman–Crippen MR) is 74.3 cm³/mol. The van der Waals surface area contributed by atoms with Crippen molar-refractivity contribution in [2.75, 3.05) is 13.2 Å². The summed E-state index contributed by atoms with van der Waals surface area (Å²) in [4.78, 5) is 10.9. The molecule has 3 unspecified atom stereocenters. The maximum atomic E-state index is 10.9. The van der Waals surface area contributed by atoms with E-state index in [1.165, 1.54) is 5.56 Å². The summed E-state index contributed by atoms with van der Waals surface area (Å²) in [5.74, 6) is 1.60. The number of carbonyl (C=O) groups is 1. The van der Waals surface area contributed by atoms with E-state index in [0.717, 1.165) is 30.8 Å². The molecule has 0 bridgehead atoms. The van der Waals surface area contributed by atoms with Gasteiger partial charge in [-0.2, -0.15) is 0 Å².